The van der Waals surface area contributed by atoms with Crippen molar-refractivity contribution in [3.05, 3.63) is 93.2 Å². The molecule has 150 valence electrons. The third-order valence-corrected chi connectivity index (χ3v) is 7.57. The van der Waals surface area contributed by atoms with Gasteiger partial charge in [0.2, 0.25) is 5.78 Å². The van der Waals surface area contributed by atoms with E-state index in [1.165, 1.54) is 10.3 Å². The summed E-state index contributed by atoms with van der Waals surface area (Å²) in [6.07, 6.45) is 0. The molecule has 2 N–H and O–H groups in total. The minimum Gasteiger partial charge on any atom is -0.506 e. The highest BCUT2D eigenvalue weighted by molar-refractivity contribution is 7.20. The third kappa shape index (κ3) is 2.53. The number of anilines is 1. The number of aliphatic hydroxyl groups excluding tert-OH is 1. The maximum Gasteiger partial charge on any atom is 0.201 e. The molecule has 0 saturated heterocycles. The molecule has 0 saturated carbocycles. The van der Waals surface area contributed by atoms with Gasteiger partial charge < -0.3 is 10.4 Å². The number of thiophene rings is 1. The van der Waals surface area contributed by atoms with Gasteiger partial charge in [-0.25, -0.2) is 0 Å². The van der Waals surface area contributed by atoms with E-state index in [2.05, 4.69) is 43.4 Å². The second-order valence-electron chi connectivity index (χ2n) is 8.50. The highest BCUT2D eigenvalue weighted by Crippen LogP contribution is 2.48. The molecule has 30 heavy (non-hydrogen) atoms. The maximum absolute atomic E-state index is 13.2. The first-order chi connectivity index (χ1) is 14.3. The highest BCUT2D eigenvalue weighted by atomic mass is 32.1. The number of para-hydroxylation sites is 1. The van der Waals surface area contributed by atoms with Crippen molar-refractivity contribution in [1.29, 1.82) is 0 Å². The van der Waals surface area contributed by atoms with E-state index in [4.69, 9.17) is 0 Å². The fraction of sp³-hybridized carbons (Fsp3) is 0.192. The molecule has 5 rings (SSSR count). The fourth-order valence-electron chi connectivity index (χ4n) is 4.64. The summed E-state index contributed by atoms with van der Waals surface area (Å²) in [5, 5.41) is 15.5. The second-order valence-corrected chi connectivity index (χ2v) is 9.58. The van der Waals surface area contributed by atoms with Gasteiger partial charge in [-0.1, -0.05) is 50.2 Å². The number of rotatable bonds is 2. The fourth-order valence-corrected chi connectivity index (χ4v) is 5.71. The van der Waals surface area contributed by atoms with Crippen LogP contribution in [0.1, 0.15) is 38.1 Å². The molecule has 0 radical (unpaired) electrons. The lowest BCUT2D eigenvalue weighted by Crippen LogP contribution is -2.28. The van der Waals surface area contributed by atoms with E-state index in [1.807, 2.05) is 44.2 Å². The molecule has 2 aliphatic rings. The van der Waals surface area contributed by atoms with Gasteiger partial charge in [-0.2, -0.15) is 0 Å². The normalized spacial score (nSPS) is 20.7. The summed E-state index contributed by atoms with van der Waals surface area (Å²) in [5.41, 5.74) is 5.47. The van der Waals surface area contributed by atoms with Crippen molar-refractivity contribution in [2.45, 2.75) is 33.1 Å². The molecular formula is C26H23NO2S. The van der Waals surface area contributed by atoms with Gasteiger partial charge in [0.25, 0.3) is 0 Å². The summed E-state index contributed by atoms with van der Waals surface area (Å²) in [5.74, 6) is 0.0227. The van der Waals surface area contributed by atoms with Crippen LogP contribution in [-0.2, 0) is 10.2 Å². The van der Waals surface area contributed by atoms with Crippen molar-refractivity contribution in [3.63, 3.8) is 0 Å². The minimum absolute atomic E-state index is 0.0824. The summed E-state index contributed by atoms with van der Waals surface area (Å²) >= 11 is 1.65. The average Bonchev–Trinajstić information content (AvgIpc) is 3.27. The SMILES string of the molecule is C/C(=C1/C(=O)C(C(/C)=C2/Nc3ccccc3C2(C)C)=C1O)c1cc2ccccc2s1. The van der Waals surface area contributed by atoms with Crippen LogP contribution in [-0.4, -0.2) is 10.9 Å². The zero-order valence-corrected chi connectivity index (χ0v) is 18.3. The van der Waals surface area contributed by atoms with Gasteiger partial charge in [-0.3, -0.25) is 4.79 Å². The first-order valence-corrected chi connectivity index (χ1v) is 10.9. The molecule has 3 aromatic rings. The van der Waals surface area contributed by atoms with Crippen LogP contribution < -0.4 is 5.32 Å². The van der Waals surface area contributed by atoms with Crippen LogP contribution in [0.2, 0.25) is 0 Å². The van der Waals surface area contributed by atoms with Gasteiger partial charge in [0, 0.05) is 26.4 Å². The summed E-state index contributed by atoms with van der Waals surface area (Å²) in [4.78, 5) is 14.2. The second kappa shape index (κ2) is 6.44. The van der Waals surface area contributed by atoms with Crippen LogP contribution in [0.4, 0.5) is 5.69 Å². The number of carbonyl (C=O) groups is 1. The summed E-state index contributed by atoms with van der Waals surface area (Å²) in [6.45, 7) is 8.13. The molecule has 1 aromatic heterocycles. The number of Topliss-reactive ketones (excluding diaryl/α,β-unsaturated/α-hetero) is 1. The lowest BCUT2D eigenvalue weighted by molar-refractivity contribution is -0.113. The number of benzene rings is 2. The Balaban J connectivity index is 1.59. The monoisotopic (exact) mass is 413 g/mol. The minimum atomic E-state index is -0.256. The Bertz CT molecular complexity index is 1300. The predicted octanol–water partition coefficient (Wildman–Crippen LogP) is 6.75. The highest BCUT2D eigenvalue weighted by Gasteiger charge is 2.42. The Morgan fingerprint density at radius 2 is 1.70 bits per heavy atom. The van der Waals surface area contributed by atoms with Crippen molar-refractivity contribution in [2.75, 3.05) is 5.32 Å². The lowest BCUT2D eigenvalue weighted by Gasteiger charge is -2.28. The Morgan fingerprint density at radius 1 is 1.00 bits per heavy atom. The van der Waals surface area contributed by atoms with E-state index in [0.717, 1.165) is 32.8 Å². The summed E-state index contributed by atoms with van der Waals surface area (Å²) < 4.78 is 1.18. The van der Waals surface area contributed by atoms with Gasteiger partial charge in [0.1, 0.15) is 5.76 Å². The zero-order valence-electron chi connectivity index (χ0n) is 17.5. The van der Waals surface area contributed by atoms with Crippen LogP contribution in [0.25, 0.3) is 15.7 Å². The maximum atomic E-state index is 13.2. The Morgan fingerprint density at radius 3 is 2.40 bits per heavy atom. The number of ketones is 1. The molecular weight excluding hydrogens is 390 g/mol. The van der Waals surface area contributed by atoms with Gasteiger partial charge in [0.15, 0.2) is 0 Å². The predicted molar refractivity (Wildman–Crippen MR) is 125 cm³/mol. The topological polar surface area (TPSA) is 49.3 Å². The first kappa shape index (κ1) is 18.9. The number of aliphatic hydroxyl groups is 1. The molecule has 1 aliphatic heterocycles. The quantitative estimate of drug-likeness (QED) is 0.457. The molecule has 0 atom stereocenters. The van der Waals surface area contributed by atoms with Gasteiger partial charge in [0.05, 0.1) is 11.1 Å². The summed E-state index contributed by atoms with van der Waals surface area (Å²) in [7, 11) is 0. The van der Waals surface area contributed by atoms with Crippen LogP contribution in [0.5, 0.6) is 0 Å². The molecule has 2 aromatic carbocycles. The Hall–Kier alpha value is -3.11. The van der Waals surface area contributed by atoms with Crippen molar-refractivity contribution < 1.29 is 9.90 Å². The van der Waals surface area contributed by atoms with Gasteiger partial charge in [-0.05, 0) is 54.1 Å². The van der Waals surface area contributed by atoms with Crippen LogP contribution in [0, 0.1) is 0 Å². The number of allylic oxidation sites excluding steroid dienone is 5. The molecule has 3 nitrogen and oxygen atoms in total. The van der Waals surface area contributed by atoms with Crippen molar-refractivity contribution in [3.8, 4) is 0 Å². The third-order valence-electron chi connectivity index (χ3n) is 6.33. The smallest absolute Gasteiger partial charge is 0.201 e. The van der Waals surface area contributed by atoms with Gasteiger partial charge >= 0.3 is 0 Å². The number of hydrogen-bond acceptors (Lipinski definition) is 4. The molecule has 0 amide bonds. The Kier molecular flexibility index (Phi) is 4.06. The van der Waals surface area contributed by atoms with E-state index in [9.17, 15) is 9.90 Å². The number of carbonyl (C=O) groups excluding carboxylic acids is 1. The molecule has 1 aliphatic carbocycles. The number of nitrogens with one attached hydrogen (secondary N) is 1. The standard InChI is InChI=1S/C26H23NO2S/c1-14(20-13-16-9-5-8-12-19(16)30-20)21-23(28)22(24(21)29)15(2)25-26(3,4)17-10-6-7-11-18(17)27-25/h5-13,27-28H,1-4H3/b21-14-,25-15+. The van der Waals surface area contributed by atoms with E-state index < -0.39 is 0 Å². The molecule has 0 spiro atoms. The molecule has 4 heteroatoms. The van der Waals surface area contributed by atoms with Crippen LogP contribution in [0.15, 0.2) is 82.8 Å². The molecule has 0 bridgehead atoms. The number of hydrogen-bond donors (Lipinski definition) is 2. The average molecular weight is 414 g/mol. The molecule has 2 heterocycles. The number of fused-ring (bicyclic) bond motifs is 2. The van der Waals surface area contributed by atoms with E-state index in [0.29, 0.717) is 11.1 Å². The van der Waals surface area contributed by atoms with Crippen molar-refractivity contribution in [2.24, 2.45) is 0 Å². The summed E-state index contributed by atoms with van der Waals surface area (Å²) in [6, 6.07) is 18.4. The molecule has 0 unspecified atom stereocenters. The van der Waals surface area contributed by atoms with E-state index in [-0.39, 0.29) is 17.0 Å². The van der Waals surface area contributed by atoms with Crippen molar-refractivity contribution >= 4 is 38.5 Å². The Labute approximate surface area is 180 Å². The van der Waals surface area contributed by atoms with Crippen molar-refractivity contribution in [1.82, 2.24) is 0 Å². The van der Waals surface area contributed by atoms with Gasteiger partial charge in [-0.15, -0.1) is 11.3 Å². The zero-order chi connectivity index (χ0) is 21.2. The first-order valence-electron chi connectivity index (χ1n) is 10.1. The van der Waals surface area contributed by atoms with Crippen LogP contribution in [0.3, 0.4) is 0 Å². The molecule has 0 fully saturated rings. The van der Waals surface area contributed by atoms with E-state index in [1.54, 1.807) is 11.3 Å². The van der Waals surface area contributed by atoms with Crippen LogP contribution >= 0.6 is 11.3 Å². The largest absolute Gasteiger partial charge is 0.506 e. The van der Waals surface area contributed by atoms with E-state index >= 15 is 0 Å². The lowest BCUT2D eigenvalue weighted by atomic mass is 9.76.